The van der Waals surface area contributed by atoms with Crippen molar-refractivity contribution in [2.75, 3.05) is 19.5 Å². The van der Waals surface area contributed by atoms with E-state index in [-0.39, 0.29) is 5.56 Å². The molecule has 3 rings (SSSR count). The largest absolute Gasteiger partial charge is 0.497 e. The van der Waals surface area contributed by atoms with Gasteiger partial charge in [-0.3, -0.25) is 9.59 Å². The third kappa shape index (κ3) is 3.29. The van der Waals surface area contributed by atoms with Crippen molar-refractivity contribution in [3.8, 4) is 11.5 Å². The molecular formula is C18H15ClN2O4. The van der Waals surface area contributed by atoms with Gasteiger partial charge in [-0.1, -0.05) is 11.6 Å². The minimum absolute atomic E-state index is 0.0281. The van der Waals surface area contributed by atoms with Crippen LogP contribution in [0.2, 0.25) is 5.02 Å². The first kappa shape index (κ1) is 16.9. The second-order valence-corrected chi connectivity index (χ2v) is 5.68. The Morgan fingerprint density at radius 2 is 1.92 bits per heavy atom. The lowest BCUT2D eigenvalue weighted by molar-refractivity contribution is 0.102. The molecule has 1 aromatic heterocycles. The third-order valence-electron chi connectivity index (χ3n) is 3.74. The topological polar surface area (TPSA) is 80.4 Å². The molecule has 6 nitrogen and oxygen atoms in total. The Balaban J connectivity index is 2.01. The van der Waals surface area contributed by atoms with E-state index in [1.54, 1.807) is 30.3 Å². The summed E-state index contributed by atoms with van der Waals surface area (Å²) in [5.74, 6) is 0.444. The van der Waals surface area contributed by atoms with Crippen LogP contribution in [0.25, 0.3) is 10.9 Å². The first-order valence-electron chi connectivity index (χ1n) is 7.38. The van der Waals surface area contributed by atoms with Crippen LogP contribution in [0.3, 0.4) is 0 Å². The molecule has 0 aliphatic carbocycles. The molecule has 0 spiro atoms. The molecule has 0 aliphatic rings. The number of ether oxygens (including phenoxy) is 2. The second-order valence-electron chi connectivity index (χ2n) is 5.24. The molecule has 0 bridgehead atoms. The van der Waals surface area contributed by atoms with Crippen molar-refractivity contribution in [3.05, 3.63) is 63.4 Å². The predicted molar refractivity (Wildman–Crippen MR) is 97.1 cm³/mol. The molecule has 1 heterocycles. The van der Waals surface area contributed by atoms with Crippen LogP contribution in [0.5, 0.6) is 11.5 Å². The lowest BCUT2D eigenvalue weighted by Crippen LogP contribution is -2.22. The summed E-state index contributed by atoms with van der Waals surface area (Å²) in [6, 6.07) is 9.87. The Hall–Kier alpha value is -2.99. The average molecular weight is 359 g/mol. The number of rotatable bonds is 4. The number of methoxy groups -OCH3 is 2. The molecule has 0 aliphatic heterocycles. The number of amides is 1. The van der Waals surface area contributed by atoms with E-state index in [1.807, 2.05) is 0 Å². The minimum Gasteiger partial charge on any atom is -0.497 e. The van der Waals surface area contributed by atoms with Crippen LogP contribution < -0.4 is 20.2 Å². The van der Waals surface area contributed by atoms with Gasteiger partial charge in [-0.2, -0.15) is 0 Å². The Labute approximate surface area is 148 Å². The first-order chi connectivity index (χ1) is 12.0. The summed E-state index contributed by atoms with van der Waals surface area (Å²) in [6.45, 7) is 0. The van der Waals surface area contributed by atoms with Crippen molar-refractivity contribution >= 4 is 34.1 Å². The number of aromatic nitrogens is 1. The van der Waals surface area contributed by atoms with Gasteiger partial charge in [-0.05, 0) is 30.3 Å². The summed E-state index contributed by atoms with van der Waals surface area (Å²) < 4.78 is 10.4. The Bertz CT molecular complexity index is 1010. The summed E-state index contributed by atoms with van der Waals surface area (Å²) in [7, 11) is 3.01. The van der Waals surface area contributed by atoms with E-state index in [9.17, 15) is 9.59 Å². The number of fused-ring (bicyclic) bond motifs is 1. The van der Waals surface area contributed by atoms with E-state index in [1.165, 1.54) is 26.5 Å². The van der Waals surface area contributed by atoms with Crippen LogP contribution in [0.15, 0.2) is 47.4 Å². The number of anilines is 1. The minimum atomic E-state index is -0.560. The van der Waals surface area contributed by atoms with Gasteiger partial charge in [0.2, 0.25) is 5.43 Å². The van der Waals surface area contributed by atoms with Crippen molar-refractivity contribution in [1.29, 1.82) is 0 Å². The fourth-order valence-corrected chi connectivity index (χ4v) is 2.63. The summed E-state index contributed by atoms with van der Waals surface area (Å²) in [5.41, 5.74) is 0.567. The first-order valence-corrected chi connectivity index (χ1v) is 7.75. The van der Waals surface area contributed by atoms with Crippen LogP contribution in [0.4, 0.5) is 5.69 Å². The van der Waals surface area contributed by atoms with Crippen molar-refractivity contribution < 1.29 is 14.3 Å². The molecular weight excluding hydrogens is 344 g/mol. The number of hydrogen-bond acceptors (Lipinski definition) is 4. The van der Waals surface area contributed by atoms with Crippen LogP contribution in [0, 0.1) is 0 Å². The number of aromatic amines is 1. The van der Waals surface area contributed by atoms with Crippen LogP contribution in [-0.2, 0) is 0 Å². The van der Waals surface area contributed by atoms with Crippen LogP contribution >= 0.6 is 11.6 Å². The highest BCUT2D eigenvalue weighted by atomic mass is 35.5. The zero-order valence-corrected chi connectivity index (χ0v) is 14.3. The quantitative estimate of drug-likeness (QED) is 0.748. The highest BCUT2D eigenvalue weighted by Gasteiger charge is 2.16. The van der Waals surface area contributed by atoms with Gasteiger partial charge < -0.3 is 19.8 Å². The number of hydrogen-bond donors (Lipinski definition) is 2. The summed E-state index contributed by atoms with van der Waals surface area (Å²) >= 11 is 5.94. The molecule has 3 aromatic rings. The number of halogens is 1. The van der Waals surface area contributed by atoms with Gasteiger partial charge in [-0.25, -0.2) is 0 Å². The molecule has 0 saturated carbocycles. The standard InChI is InChI=1S/C18H15ClN2O4/c1-24-11-4-6-16(25-2)15(8-11)21-18(23)13-9-20-14-5-3-10(19)7-12(14)17(13)22/h3-9H,1-2H3,(H,20,22)(H,21,23). The monoisotopic (exact) mass is 358 g/mol. The van der Waals surface area contributed by atoms with E-state index in [0.717, 1.165) is 0 Å². The molecule has 2 N–H and O–H groups in total. The molecule has 0 fully saturated rings. The fourth-order valence-electron chi connectivity index (χ4n) is 2.46. The van der Waals surface area contributed by atoms with E-state index in [4.69, 9.17) is 21.1 Å². The second kappa shape index (κ2) is 6.86. The Morgan fingerprint density at radius 3 is 2.64 bits per heavy atom. The molecule has 1 amide bonds. The van der Waals surface area contributed by atoms with Gasteiger partial charge in [-0.15, -0.1) is 0 Å². The Morgan fingerprint density at radius 1 is 1.12 bits per heavy atom. The maximum absolute atomic E-state index is 12.6. The summed E-state index contributed by atoms with van der Waals surface area (Å²) in [4.78, 5) is 28.1. The van der Waals surface area contributed by atoms with E-state index < -0.39 is 11.3 Å². The predicted octanol–water partition coefficient (Wildman–Crippen LogP) is 3.45. The SMILES string of the molecule is COc1ccc(OC)c(NC(=O)c2c[nH]c3ccc(Cl)cc3c2=O)c1. The van der Waals surface area contributed by atoms with Crippen LogP contribution in [0.1, 0.15) is 10.4 Å². The van der Waals surface area contributed by atoms with Crippen molar-refractivity contribution in [2.24, 2.45) is 0 Å². The van der Waals surface area contributed by atoms with Gasteiger partial charge in [0, 0.05) is 28.2 Å². The van der Waals surface area contributed by atoms with Crippen molar-refractivity contribution in [1.82, 2.24) is 4.98 Å². The van der Waals surface area contributed by atoms with Crippen molar-refractivity contribution in [2.45, 2.75) is 0 Å². The lowest BCUT2D eigenvalue weighted by atomic mass is 10.1. The molecule has 128 valence electrons. The molecule has 25 heavy (non-hydrogen) atoms. The van der Waals surface area contributed by atoms with Gasteiger partial charge >= 0.3 is 0 Å². The highest BCUT2D eigenvalue weighted by molar-refractivity contribution is 6.31. The number of pyridine rings is 1. The number of H-pyrrole nitrogens is 1. The molecule has 7 heteroatoms. The van der Waals surface area contributed by atoms with Crippen molar-refractivity contribution in [3.63, 3.8) is 0 Å². The van der Waals surface area contributed by atoms with Gasteiger partial charge in [0.15, 0.2) is 0 Å². The number of carbonyl (C=O) groups excluding carboxylic acids is 1. The number of nitrogens with one attached hydrogen (secondary N) is 2. The molecule has 0 saturated heterocycles. The summed E-state index contributed by atoms with van der Waals surface area (Å²) in [5, 5.41) is 3.44. The lowest BCUT2D eigenvalue weighted by Gasteiger charge is -2.12. The van der Waals surface area contributed by atoms with E-state index in [2.05, 4.69) is 10.3 Å². The normalized spacial score (nSPS) is 10.5. The van der Waals surface area contributed by atoms with Gasteiger partial charge in [0.25, 0.3) is 5.91 Å². The molecule has 0 radical (unpaired) electrons. The fraction of sp³-hybridized carbons (Fsp3) is 0.111. The molecule has 0 unspecified atom stereocenters. The van der Waals surface area contributed by atoms with Gasteiger partial charge in [0.05, 0.1) is 19.9 Å². The van der Waals surface area contributed by atoms with E-state index in [0.29, 0.717) is 33.1 Å². The number of carbonyl (C=O) groups is 1. The zero-order chi connectivity index (χ0) is 18.0. The summed E-state index contributed by atoms with van der Waals surface area (Å²) in [6.07, 6.45) is 1.38. The van der Waals surface area contributed by atoms with Crippen LogP contribution in [-0.4, -0.2) is 25.1 Å². The molecule has 2 aromatic carbocycles. The maximum atomic E-state index is 12.6. The van der Waals surface area contributed by atoms with Gasteiger partial charge in [0.1, 0.15) is 17.1 Å². The number of benzene rings is 2. The average Bonchev–Trinajstić information content (AvgIpc) is 2.62. The smallest absolute Gasteiger partial charge is 0.261 e. The highest BCUT2D eigenvalue weighted by Crippen LogP contribution is 2.29. The molecule has 0 atom stereocenters. The van der Waals surface area contributed by atoms with E-state index >= 15 is 0 Å². The maximum Gasteiger partial charge on any atom is 0.261 e. The third-order valence-corrected chi connectivity index (χ3v) is 3.98. The Kier molecular flexibility index (Phi) is 4.63. The zero-order valence-electron chi connectivity index (χ0n) is 13.6.